The van der Waals surface area contributed by atoms with Gasteiger partial charge in [0.2, 0.25) is 5.91 Å². The van der Waals surface area contributed by atoms with E-state index in [2.05, 4.69) is 14.8 Å². The predicted octanol–water partition coefficient (Wildman–Crippen LogP) is 2.98. The van der Waals surface area contributed by atoms with E-state index in [0.717, 1.165) is 14.2 Å². The van der Waals surface area contributed by atoms with E-state index in [-0.39, 0.29) is 37.1 Å². The minimum atomic E-state index is -1.63. The zero-order valence-electron chi connectivity index (χ0n) is 16.0. The first-order valence-corrected chi connectivity index (χ1v) is 9.40. The molecular weight excluding hydrogens is 425 g/mol. The fraction of sp³-hybridized carbons (Fsp3) is 0.421. The summed E-state index contributed by atoms with van der Waals surface area (Å²) in [6, 6.07) is 4.58. The minimum absolute atomic E-state index is 0.0328. The lowest BCUT2D eigenvalue weighted by Gasteiger charge is -2.12. The number of nitrogens with one attached hydrogen (secondary N) is 1. The summed E-state index contributed by atoms with van der Waals surface area (Å²) in [5.41, 5.74) is 0.373. The highest BCUT2D eigenvalue weighted by Crippen LogP contribution is 2.25. The lowest BCUT2D eigenvalue weighted by atomic mass is 9.92. The number of benzene rings is 1. The monoisotopic (exact) mass is 445 g/mol. The molecule has 0 spiro atoms. The fourth-order valence-electron chi connectivity index (χ4n) is 2.40. The van der Waals surface area contributed by atoms with Gasteiger partial charge in [0.25, 0.3) is 0 Å². The van der Waals surface area contributed by atoms with E-state index < -0.39 is 35.3 Å². The number of ketones is 2. The Morgan fingerprint density at radius 2 is 1.59 bits per heavy atom. The molecule has 0 aliphatic carbocycles. The number of halogens is 2. The zero-order chi connectivity index (χ0) is 22.0. The Hall–Kier alpha value is -2.45. The summed E-state index contributed by atoms with van der Waals surface area (Å²) < 4.78 is 8.94. The molecule has 0 aliphatic rings. The summed E-state index contributed by atoms with van der Waals surface area (Å²) in [6.07, 6.45) is -0.692. The van der Waals surface area contributed by atoms with Gasteiger partial charge in [-0.1, -0.05) is 23.2 Å². The second-order valence-electron chi connectivity index (χ2n) is 5.99. The number of carbonyl (C=O) groups is 5. The highest BCUT2D eigenvalue weighted by Gasteiger charge is 2.34. The molecule has 1 N–H and O–H groups in total. The van der Waals surface area contributed by atoms with E-state index in [1.54, 1.807) is 12.1 Å². The van der Waals surface area contributed by atoms with Gasteiger partial charge in [0.05, 0.1) is 31.4 Å². The van der Waals surface area contributed by atoms with E-state index >= 15 is 0 Å². The lowest BCUT2D eigenvalue weighted by Crippen LogP contribution is -2.33. The van der Waals surface area contributed by atoms with Crippen molar-refractivity contribution in [3.63, 3.8) is 0 Å². The number of anilines is 1. The maximum Gasteiger partial charge on any atom is 0.323 e. The third kappa shape index (κ3) is 8.21. The average Bonchev–Trinajstić information content (AvgIpc) is 2.68. The van der Waals surface area contributed by atoms with E-state index in [9.17, 15) is 24.0 Å². The van der Waals surface area contributed by atoms with E-state index in [1.165, 1.54) is 6.07 Å². The van der Waals surface area contributed by atoms with Gasteiger partial charge in [-0.25, -0.2) is 0 Å². The van der Waals surface area contributed by atoms with E-state index in [4.69, 9.17) is 23.2 Å². The molecule has 8 nitrogen and oxygen atoms in total. The number of carbonyl (C=O) groups excluding carboxylic acids is 5. The largest absolute Gasteiger partial charge is 0.469 e. The summed E-state index contributed by atoms with van der Waals surface area (Å²) in [4.78, 5) is 59.5. The molecule has 1 rings (SSSR count). The molecule has 1 amide bonds. The molecule has 0 saturated carbocycles. The lowest BCUT2D eigenvalue weighted by molar-refractivity contribution is -0.154. The van der Waals surface area contributed by atoms with Gasteiger partial charge < -0.3 is 14.8 Å². The number of ether oxygens (including phenoxy) is 2. The number of hydrogen-bond donors (Lipinski definition) is 1. The molecule has 1 atom stereocenters. The Balaban J connectivity index is 2.59. The van der Waals surface area contributed by atoms with Crippen LogP contribution in [0.4, 0.5) is 5.69 Å². The van der Waals surface area contributed by atoms with Crippen molar-refractivity contribution >= 4 is 58.3 Å². The average molecular weight is 446 g/mol. The predicted molar refractivity (Wildman–Crippen MR) is 106 cm³/mol. The smallest absolute Gasteiger partial charge is 0.323 e. The number of methoxy groups -OCH3 is 2. The van der Waals surface area contributed by atoms with Gasteiger partial charge in [-0.2, -0.15) is 0 Å². The molecular formula is C19H21Cl2NO7. The Morgan fingerprint density at radius 1 is 0.931 bits per heavy atom. The summed E-state index contributed by atoms with van der Waals surface area (Å²) in [5.74, 6) is -5.06. The summed E-state index contributed by atoms with van der Waals surface area (Å²) in [7, 11) is 2.22. The first-order valence-electron chi connectivity index (χ1n) is 8.64. The number of rotatable bonds is 11. The van der Waals surface area contributed by atoms with Crippen molar-refractivity contribution in [3.05, 3.63) is 28.2 Å². The van der Waals surface area contributed by atoms with Crippen LogP contribution in [0.15, 0.2) is 18.2 Å². The van der Waals surface area contributed by atoms with Gasteiger partial charge in [0.15, 0.2) is 17.5 Å². The molecule has 10 heteroatoms. The van der Waals surface area contributed by atoms with Gasteiger partial charge in [-0.3, -0.25) is 24.0 Å². The van der Waals surface area contributed by atoms with Crippen molar-refractivity contribution in [2.75, 3.05) is 19.5 Å². The molecule has 0 saturated heterocycles. The van der Waals surface area contributed by atoms with Gasteiger partial charge in [-0.15, -0.1) is 0 Å². The molecule has 1 aromatic carbocycles. The van der Waals surface area contributed by atoms with Crippen molar-refractivity contribution in [2.45, 2.75) is 32.1 Å². The SMILES string of the molecule is COC(=O)CCC(=O)[C@H](C(=O)CCCC(=O)Nc1ccc(Cl)cc1Cl)C(=O)OC. The van der Waals surface area contributed by atoms with Crippen LogP contribution in [0.5, 0.6) is 0 Å². The molecule has 0 aliphatic heterocycles. The Labute approximate surface area is 177 Å². The third-order valence-corrected chi connectivity index (χ3v) is 4.46. The van der Waals surface area contributed by atoms with Crippen LogP contribution in [0.2, 0.25) is 10.0 Å². The van der Waals surface area contributed by atoms with Crippen molar-refractivity contribution in [1.29, 1.82) is 0 Å². The molecule has 0 aromatic heterocycles. The van der Waals surface area contributed by atoms with Crippen molar-refractivity contribution in [3.8, 4) is 0 Å². The first-order chi connectivity index (χ1) is 13.7. The van der Waals surface area contributed by atoms with Crippen LogP contribution < -0.4 is 5.32 Å². The van der Waals surface area contributed by atoms with Crippen LogP contribution in [0, 0.1) is 5.92 Å². The molecule has 0 heterocycles. The second kappa shape index (κ2) is 12.2. The minimum Gasteiger partial charge on any atom is -0.469 e. The standard InChI is InChI=1S/C19H21Cl2NO7/c1-28-17(26)9-8-15(24)18(19(27)29-2)14(23)4-3-5-16(25)22-13-7-6-11(20)10-12(13)21/h6-7,10,18H,3-5,8-9H2,1-2H3,(H,22,25)/t18-/m0/s1. The highest BCUT2D eigenvalue weighted by molar-refractivity contribution is 6.36. The van der Waals surface area contributed by atoms with Crippen LogP contribution in [-0.2, 0) is 33.4 Å². The van der Waals surface area contributed by atoms with Gasteiger partial charge in [0.1, 0.15) is 0 Å². The summed E-state index contributed by atoms with van der Waals surface area (Å²) >= 11 is 11.8. The number of hydrogen-bond acceptors (Lipinski definition) is 7. The number of Topliss-reactive ketones (excluding diaryl/α,β-unsaturated/α-hetero) is 2. The molecule has 0 unspecified atom stereocenters. The van der Waals surface area contributed by atoms with Crippen LogP contribution in [0.1, 0.15) is 32.1 Å². The second-order valence-corrected chi connectivity index (χ2v) is 6.83. The van der Waals surface area contributed by atoms with Crippen molar-refractivity contribution < 1.29 is 33.4 Å². The zero-order valence-corrected chi connectivity index (χ0v) is 17.5. The van der Waals surface area contributed by atoms with Gasteiger partial charge in [-0.05, 0) is 24.6 Å². The van der Waals surface area contributed by atoms with Gasteiger partial charge in [0, 0.05) is 24.3 Å². The topological polar surface area (TPSA) is 116 Å². The molecule has 29 heavy (non-hydrogen) atoms. The summed E-state index contributed by atoms with van der Waals surface area (Å²) in [5, 5.41) is 3.27. The number of amides is 1. The van der Waals surface area contributed by atoms with Crippen LogP contribution in [0.25, 0.3) is 0 Å². The van der Waals surface area contributed by atoms with Crippen molar-refractivity contribution in [1.82, 2.24) is 0 Å². The quantitative estimate of drug-likeness (QED) is 0.410. The molecule has 0 fully saturated rings. The maximum absolute atomic E-state index is 12.3. The normalized spacial score (nSPS) is 11.3. The summed E-state index contributed by atoms with van der Waals surface area (Å²) in [6.45, 7) is 0. The Morgan fingerprint density at radius 3 is 2.17 bits per heavy atom. The third-order valence-electron chi connectivity index (χ3n) is 3.92. The highest BCUT2D eigenvalue weighted by atomic mass is 35.5. The molecule has 1 aromatic rings. The first kappa shape index (κ1) is 24.6. The van der Waals surface area contributed by atoms with Gasteiger partial charge >= 0.3 is 11.9 Å². The van der Waals surface area contributed by atoms with Crippen LogP contribution >= 0.6 is 23.2 Å². The molecule has 0 radical (unpaired) electrons. The number of esters is 2. The van der Waals surface area contributed by atoms with E-state index in [1.807, 2.05) is 0 Å². The fourth-order valence-corrected chi connectivity index (χ4v) is 2.86. The Kier molecular flexibility index (Phi) is 10.3. The van der Waals surface area contributed by atoms with Crippen molar-refractivity contribution in [2.24, 2.45) is 5.92 Å². The van der Waals surface area contributed by atoms with Crippen LogP contribution in [0.3, 0.4) is 0 Å². The maximum atomic E-state index is 12.3. The van der Waals surface area contributed by atoms with E-state index in [0.29, 0.717) is 10.7 Å². The molecule has 158 valence electrons. The Bertz CT molecular complexity index is 795. The molecule has 0 bridgehead atoms. The van der Waals surface area contributed by atoms with Crippen LogP contribution in [-0.4, -0.2) is 43.6 Å².